The molecular weight excluding hydrogens is 367 g/mol. The number of nitrogens with zero attached hydrogens (tertiary/aromatic N) is 1. The molecule has 2 aromatic carbocycles. The molecule has 0 unspecified atom stereocenters. The Kier molecular flexibility index (Phi) is 4.79. The highest BCUT2D eigenvalue weighted by Gasteiger charge is 2.24. The number of H-pyrrole nitrogens is 1. The van der Waals surface area contributed by atoms with Crippen LogP contribution >= 0.6 is 11.6 Å². The molecule has 1 N–H and O–H groups in total. The minimum atomic E-state index is -0.402. The second-order valence-corrected chi connectivity index (χ2v) is 7.24. The SMILES string of the molecule is COc1ccc(CCC(=O)N2CCc3[nH]c4ccc(Cl)cc4c3C2)cc1F. The molecule has 0 fully saturated rings. The third kappa shape index (κ3) is 3.52. The van der Waals surface area contributed by atoms with Crippen LogP contribution in [0.3, 0.4) is 0 Å². The molecule has 0 saturated heterocycles. The summed E-state index contributed by atoms with van der Waals surface area (Å²) in [5.41, 5.74) is 4.15. The highest BCUT2D eigenvalue weighted by molar-refractivity contribution is 6.31. The molecule has 1 amide bonds. The zero-order valence-corrected chi connectivity index (χ0v) is 15.8. The number of rotatable bonds is 4. The van der Waals surface area contributed by atoms with E-state index in [1.165, 1.54) is 18.9 Å². The number of methoxy groups -OCH3 is 1. The summed E-state index contributed by atoms with van der Waals surface area (Å²) in [6.07, 6.45) is 1.65. The van der Waals surface area contributed by atoms with Crippen molar-refractivity contribution in [2.24, 2.45) is 0 Å². The summed E-state index contributed by atoms with van der Waals surface area (Å²) in [5, 5.41) is 1.77. The van der Waals surface area contributed by atoms with Crippen molar-refractivity contribution in [3.8, 4) is 5.75 Å². The number of halogens is 2. The number of ether oxygens (including phenoxy) is 1. The molecule has 4 nitrogen and oxygen atoms in total. The summed E-state index contributed by atoms with van der Waals surface area (Å²) in [4.78, 5) is 18.0. The van der Waals surface area contributed by atoms with Gasteiger partial charge in [0.05, 0.1) is 7.11 Å². The quantitative estimate of drug-likeness (QED) is 0.718. The van der Waals surface area contributed by atoms with E-state index in [0.717, 1.165) is 28.5 Å². The first-order chi connectivity index (χ1) is 13.0. The third-order valence-electron chi connectivity index (χ3n) is 5.13. The summed E-state index contributed by atoms with van der Waals surface area (Å²) in [7, 11) is 1.43. The number of aromatic nitrogens is 1. The maximum atomic E-state index is 13.8. The van der Waals surface area contributed by atoms with Crippen molar-refractivity contribution in [3.05, 3.63) is 64.1 Å². The van der Waals surface area contributed by atoms with Crippen LogP contribution in [-0.2, 0) is 24.2 Å². The number of carbonyl (C=O) groups excluding carboxylic acids is 1. The van der Waals surface area contributed by atoms with Gasteiger partial charge in [-0.3, -0.25) is 4.79 Å². The molecule has 1 aliphatic heterocycles. The molecule has 0 atom stereocenters. The fourth-order valence-corrected chi connectivity index (χ4v) is 3.85. The van der Waals surface area contributed by atoms with Crippen molar-refractivity contribution < 1.29 is 13.9 Å². The molecule has 1 aromatic heterocycles. The smallest absolute Gasteiger partial charge is 0.223 e. The van der Waals surface area contributed by atoms with E-state index in [2.05, 4.69) is 4.98 Å². The Balaban J connectivity index is 1.45. The highest BCUT2D eigenvalue weighted by atomic mass is 35.5. The van der Waals surface area contributed by atoms with E-state index in [-0.39, 0.29) is 11.7 Å². The van der Waals surface area contributed by atoms with Crippen LogP contribution in [0.4, 0.5) is 4.39 Å². The van der Waals surface area contributed by atoms with E-state index in [9.17, 15) is 9.18 Å². The van der Waals surface area contributed by atoms with Crippen molar-refractivity contribution in [1.29, 1.82) is 0 Å². The molecular formula is C21H20ClFN2O2. The predicted octanol–water partition coefficient (Wildman–Crippen LogP) is 4.49. The minimum absolute atomic E-state index is 0.0771. The number of fused-ring (bicyclic) bond motifs is 3. The van der Waals surface area contributed by atoms with Crippen molar-refractivity contribution in [2.75, 3.05) is 13.7 Å². The Morgan fingerprint density at radius 1 is 1.30 bits per heavy atom. The van der Waals surface area contributed by atoms with Gasteiger partial charge in [-0.25, -0.2) is 4.39 Å². The number of nitrogens with one attached hydrogen (secondary N) is 1. The summed E-state index contributed by atoms with van der Waals surface area (Å²) in [5.74, 6) is -0.111. The molecule has 0 radical (unpaired) electrons. The topological polar surface area (TPSA) is 45.3 Å². The number of hydrogen-bond donors (Lipinski definition) is 1. The first-order valence-electron chi connectivity index (χ1n) is 8.94. The van der Waals surface area contributed by atoms with E-state index < -0.39 is 5.82 Å². The number of carbonyl (C=O) groups is 1. The molecule has 6 heteroatoms. The van der Waals surface area contributed by atoms with Gasteiger partial charge in [0.15, 0.2) is 11.6 Å². The van der Waals surface area contributed by atoms with Gasteiger partial charge in [0.2, 0.25) is 5.91 Å². The standard InChI is InChI=1S/C21H20ClFN2O2/c1-27-20-6-2-13(10-17(20)23)3-7-21(26)25-9-8-19-16(12-25)15-11-14(22)4-5-18(15)24-19/h2,4-6,10-11,24H,3,7-9,12H2,1H3. The van der Waals surface area contributed by atoms with E-state index in [0.29, 0.717) is 31.0 Å². The number of benzene rings is 2. The summed E-state index contributed by atoms with van der Waals surface area (Å²) < 4.78 is 18.7. The summed E-state index contributed by atoms with van der Waals surface area (Å²) in [6, 6.07) is 10.6. The van der Waals surface area contributed by atoms with Crippen molar-refractivity contribution in [2.45, 2.75) is 25.8 Å². The van der Waals surface area contributed by atoms with Crippen LogP contribution in [0.25, 0.3) is 10.9 Å². The van der Waals surface area contributed by atoms with Gasteiger partial charge >= 0.3 is 0 Å². The average Bonchev–Trinajstić information content (AvgIpc) is 3.03. The molecule has 0 spiro atoms. The van der Waals surface area contributed by atoms with Gasteiger partial charge in [-0.05, 0) is 42.3 Å². The monoisotopic (exact) mass is 386 g/mol. The van der Waals surface area contributed by atoms with Crippen LogP contribution in [0.5, 0.6) is 5.75 Å². The van der Waals surface area contributed by atoms with E-state index >= 15 is 0 Å². The largest absolute Gasteiger partial charge is 0.494 e. The van der Waals surface area contributed by atoms with Gasteiger partial charge < -0.3 is 14.6 Å². The first kappa shape index (κ1) is 17.9. The molecule has 140 valence electrons. The van der Waals surface area contributed by atoms with Crippen molar-refractivity contribution in [3.63, 3.8) is 0 Å². The zero-order valence-electron chi connectivity index (χ0n) is 15.0. The molecule has 0 aliphatic carbocycles. The Bertz CT molecular complexity index is 1010. The van der Waals surface area contributed by atoms with Gasteiger partial charge in [-0.15, -0.1) is 0 Å². The lowest BCUT2D eigenvalue weighted by molar-refractivity contribution is -0.132. The van der Waals surface area contributed by atoms with Gasteiger partial charge in [0.25, 0.3) is 0 Å². The molecule has 4 rings (SSSR count). The van der Waals surface area contributed by atoms with Crippen LogP contribution in [0.2, 0.25) is 5.02 Å². The number of aryl methyl sites for hydroxylation is 1. The van der Waals surface area contributed by atoms with Gasteiger partial charge in [-0.1, -0.05) is 17.7 Å². The molecule has 2 heterocycles. The van der Waals surface area contributed by atoms with Crippen LogP contribution < -0.4 is 4.74 Å². The van der Waals surface area contributed by atoms with Gasteiger partial charge in [0.1, 0.15) is 0 Å². The molecule has 3 aromatic rings. The van der Waals surface area contributed by atoms with Crippen molar-refractivity contribution in [1.82, 2.24) is 9.88 Å². The Labute approximate surface area is 161 Å². The van der Waals surface area contributed by atoms with E-state index in [1.54, 1.807) is 12.1 Å². The van der Waals surface area contributed by atoms with E-state index in [1.807, 2.05) is 23.1 Å². The minimum Gasteiger partial charge on any atom is -0.494 e. The Morgan fingerprint density at radius 3 is 2.93 bits per heavy atom. The Morgan fingerprint density at radius 2 is 2.15 bits per heavy atom. The second kappa shape index (κ2) is 7.24. The van der Waals surface area contributed by atoms with Gasteiger partial charge in [0, 0.05) is 53.1 Å². The van der Waals surface area contributed by atoms with Gasteiger partial charge in [-0.2, -0.15) is 0 Å². The first-order valence-corrected chi connectivity index (χ1v) is 9.32. The highest BCUT2D eigenvalue weighted by Crippen LogP contribution is 2.30. The second-order valence-electron chi connectivity index (χ2n) is 6.81. The molecule has 0 bridgehead atoms. The van der Waals surface area contributed by atoms with Crippen LogP contribution in [0, 0.1) is 5.82 Å². The number of aromatic amines is 1. The Hall–Kier alpha value is -2.53. The normalized spacial score (nSPS) is 13.7. The third-order valence-corrected chi connectivity index (χ3v) is 5.37. The fraction of sp³-hybridized carbons (Fsp3) is 0.286. The number of amides is 1. The van der Waals surface area contributed by atoms with Crippen molar-refractivity contribution >= 4 is 28.4 Å². The fourth-order valence-electron chi connectivity index (χ4n) is 3.67. The van der Waals surface area contributed by atoms with Crippen LogP contribution in [0.1, 0.15) is 23.2 Å². The van der Waals surface area contributed by atoms with Crippen LogP contribution in [-0.4, -0.2) is 29.4 Å². The maximum Gasteiger partial charge on any atom is 0.223 e. The predicted molar refractivity (Wildman–Crippen MR) is 104 cm³/mol. The lowest BCUT2D eigenvalue weighted by atomic mass is 10.0. The summed E-state index contributed by atoms with van der Waals surface area (Å²) in [6.45, 7) is 1.26. The van der Waals surface area contributed by atoms with Crippen LogP contribution in [0.15, 0.2) is 36.4 Å². The average molecular weight is 387 g/mol. The zero-order chi connectivity index (χ0) is 19.0. The maximum absolute atomic E-state index is 13.8. The lowest BCUT2D eigenvalue weighted by Crippen LogP contribution is -2.35. The molecule has 0 saturated carbocycles. The number of hydrogen-bond acceptors (Lipinski definition) is 2. The summed E-state index contributed by atoms with van der Waals surface area (Å²) >= 11 is 6.13. The molecule has 27 heavy (non-hydrogen) atoms. The lowest BCUT2D eigenvalue weighted by Gasteiger charge is -2.27. The van der Waals surface area contributed by atoms with E-state index in [4.69, 9.17) is 16.3 Å². The molecule has 1 aliphatic rings.